The third-order valence-electron chi connectivity index (χ3n) is 3.45. The van der Waals surface area contributed by atoms with Crippen molar-refractivity contribution in [3.63, 3.8) is 0 Å². The zero-order valence-corrected chi connectivity index (χ0v) is 15.3. The first-order valence-electron chi connectivity index (χ1n) is 7.40. The van der Waals surface area contributed by atoms with Crippen molar-refractivity contribution >= 4 is 33.5 Å². The molecule has 0 aliphatic heterocycles. The van der Waals surface area contributed by atoms with Crippen LogP contribution in [0, 0.1) is 11.3 Å². The first kappa shape index (κ1) is 18.6. The number of benzene rings is 2. The topological polar surface area (TPSA) is 79.5 Å². The van der Waals surface area contributed by atoms with E-state index in [4.69, 9.17) is 14.6 Å². The maximum absolute atomic E-state index is 11.1. The van der Waals surface area contributed by atoms with Crippen LogP contribution in [-0.2, 0) is 4.79 Å². The summed E-state index contributed by atoms with van der Waals surface area (Å²) in [4.78, 5) is 11.1. The van der Waals surface area contributed by atoms with Crippen molar-refractivity contribution in [3.8, 4) is 17.6 Å². The van der Waals surface area contributed by atoms with Gasteiger partial charge in [-0.25, -0.2) is 4.79 Å². The van der Waals surface area contributed by atoms with E-state index in [-0.39, 0.29) is 5.75 Å². The van der Waals surface area contributed by atoms with Crippen molar-refractivity contribution in [2.45, 2.75) is 13.0 Å². The fraction of sp³-hybridized carbons (Fsp3) is 0.158. The Kier molecular flexibility index (Phi) is 6.20. The molecule has 0 radical (unpaired) electrons. The van der Waals surface area contributed by atoms with Gasteiger partial charge in [0.25, 0.3) is 0 Å². The van der Waals surface area contributed by atoms with Crippen LogP contribution in [0.1, 0.15) is 18.1 Å². The van der Waals surface area contributed by atoms with Crippen molar-refractivity contribution in [1.82, 2.24) is 0 Å². The average Bonchev–Trinajstić information content (AvgIpc) is 2.61. The number of para-hydroxylation sites is 1. The number of halogens is 1. The van der Waals surface area contributed by atoms with Crippen LogP contribution < -0.4 is 9.47 Å². The summed E-state index contributed by atoms with van der Waals surface area (Å²) in [5, 5.41) is 18.6. The second kappa shape index (κ2) is 8.36. The van der Waals surface area contributed by atoms with Gasteiger partial charge in [-0.15, -0.1) is 0 Å². The highest BCUT2D eigenvalue weighted by Crippen LogP contribution is 2.34. The molecule has 0 saturated heterocycles. The van der Waals surface area contributed by atoms with Gasteiger partial charge in [-0.3, -0.25) is 0 Å². The summed E-state index contributed by atoms with van der Waals surface area (Å²) in [6, 6.07) is 14.6. The highest BCUT2D eigenvalue weighted by molar-refractivity contribution is 9.10. The van der Waals surface area contributed by atoms with E-state index in [1.54, 1.807) is 24.3 Å². The number of nitrogens with zero attached hydrogens (tertiary/aromatic N) is 1. The zero-order valence-electron chi connectivity index (χ0n) is 13.7. The number of carboxylic acids is 1. The molecule has 0 amide bonds. The molecule has 0 saturated carbocycles. The minimum absolute atomic E-state index is 0.282. The molecule has 0 aliphatic rings. The normalized spacial score (nSPS) is 12.2. The molecule has 0 aromatic heterocycles. The number of aliphatic carboxylic acids is 1. The van der Waals surface area contributed by atoms with Crippen molar-refractivity contribution in [2.24, 2.45) is 0 Å². The molecule has 0 spiro atoms. The number of carbonyl (C=O) groups is 1. The molecule has 1 unspecified atom stereocenters. The van der Waals surface area contributed by atoms with E-state index in [1.165, 1.54) is 14.0 Å². The van der Waals surface area contributed by atoms with Gasteiger partial charge in [0.15, 0.2) is 17.6 Å². The first-order valence-corrected chi connectivity index (χ1v) is 8.19. The first-order chi connectivity index (χ1) is 12.0. The lowest BCUT2D eigenvalue weighted by molar-refractivity contribution is -0.144. The summed E-state index contributed by atoms with van der Waals surface area (Å²) in [5.74, 6) is -0.408. The summed E-state index contributed by atoms with van der Waals surface area (Å²) in [6.07, 6.45) is 0.594. The maximum atomic E-state index is 11.1. The van der Waals surface area contributed by atoms with Crippen molar-refractivity contribution in [2.75, 3.05) is 7.11 Å². The molecule has 1 N–H and O–H groups in total. The molecule has 2 aromatic carbocycles. The molecule has 1 atom stereocenters. The van der Waals surface area contributed by atoms with E-state index in [9.17, 15) is 10.1 Å². The Balaban J connectivity index is 2.51. The number of hydrogen-bond donors (Lipinski definition) is 1. The van der Waals surface area contributed by atoms with Gasteiger partial charge < -0.3 is 14.6 Å². The predicted octanol–water partition coefficient (Wildman–Crippen LogP) is 4.37. The number of methoxy groups -OCH3 is 1. The number of allylic oxidation sites excluding steroid dienone is 1. The third kappa shape index (κ3) is 4.61. The standard InChI is InChI=1S/C19H16BrNO4/c1-12(19(22)23)25-18-14(4-3-5-17(18)24-2)10-15(11-21)13-6-8-16(20)9-7-13/h3-10,12H,1-2H3,(H,22,23). The molecule has 2 rings (SSSR count). The van der Waals surface area contributed by atoms with Gasteiger partial charge in [-0.1, -0.05) is 40.2 Å². The second-order valence-corrected chi connectivity index (χ2v) is 6.07. The van der Waals surface area contributed by atoms with Gasteiger partial charge in [-0.2, -0.15) is 5.26 Å². The number of rotatable bonds is 6. The SMILES string of the molecule is COc1cccc(C=C(C#N)c2ccc(Br)cc2)c1OC(C)C(=O)O. The third-order valence-corrected chi connectivity index (χ3v) is 3.98. The Morgan fingerprint density at radius 3 is 2.52 bits per heavy atom. The van der Waals surface area contributed by atoms with Gasteiger partial charge in [0.1, 0.15) is 0 Å². The van der Waals surface area contributed by atoms with Crippen molar-refractivity contribution in [1.29, 1.82) is 5.26 Å². The highest BCUT2D eigenvalue weighted by Gasteiger charge is 2.18. The van der Waals surface area contributed by atoms with Crippen molar-refractivity contribution in [3.05, 3.63) is 58.1 Å². The molecule has 0 heterocycles. The smallest absolute Gasteiger partial charge is 0.344 e. The number of carboxylic acid groups (broad SMARTS) is 1. The van der Waals surface area contributed by atoms with E-state index in [1.807, 2.05) is 24.3 Å². The van der Waals surface area contributed by atoms with E-state index < -0.39 is 12.1 Å². The highest BCUT2D eigenvalue weighted by atomic mass is 79.9. The molecule has 2 aromatic rings. The lowest BCUT2D eigenvalue weighted by atomic mass is 10.0. The summed E-state index contributed by atoms with van der Waals surface area (Å²) in [7, 11) is 1.47. The molecule has 6 heteroatoms. The lowest BCUT2D eigenvalue weighted by Crippen LogP contribution is -2.23. The molecule has 0 bridgehead atoms. The molecule has 5 nitrogen and oxygen atoms in total. The van der Waals surface area contributed by atoms with Gasteiger partial charge in [0, 0.05) is 10.0 Å². The predicted molar refractivity (Wildman–Crippen MR) is 98.3 cm³/mol. The largest absolute Gasteiger partial charge is 0.493 e. The summed E-state index contributed by atoms with van der Waals surface area (Å²) in [6.45, 7) is 1.43. The van der Waals surface area contributed by atoms with Crippen LogP contribution in [0.3, 0.4) is 0 Å². The van der Waals surface area contributed by atoms with Crippen molar-refractivity contribution < 1.29 is 19.4 Å². The fourth-order valence-corrected chi connectivity index (χ4v) is 2.39. The summed E-state index contributed by atoms with van der Waals surface area (Å²) in [5.41, 5.74) is 1.73. The summed E-state index contributed by atoms with van der Waals surface area (Å²) >= 11 is 3.36. The lowest BCUT2D eigenvalue weighted by Gasteiger charge is -2.16. The Labute approximate surface area is 154 Å². The maximum Gasteiger partial charge on any atom is 0.344 e. The van der Waals surface area contributed by atoms with Crippen LogP contribution in [0.2, 0.25) is 0 Å². The van der Waals surface area contributed by atoms with E-state index in [0.717, 1.165) is 10.0 Å². The van der Waals surface area contributed by atoms with Gasteiger partial charge in [0.05, 0.1) is 18.8 Å². The minimum atomic E-state index is -1.09. The minimum Gasteiger partial charge on any atom is -0.493 e. The molecular weight excluding hydrogens is 386 g/mol. The molecular formula is C19H16BrNO4. The van der Waals surface area contributed by atoms with Gasteiger partial charge in [0.2, 0.25) is 0 Å². The quantitative estimate of drug-likeness (QED) is 0.573. The Morgan fingerprint density at radius 1 is 1.28 bits per heavy atom. The van der Waals surface area contributed by atoms with Crippen LogP contribution in [0.25, 0.3) is 11.6 Å². The molecule has 0 aliphatic carbocycles. The zero-order chi connectivity index (χ0) is 18.4. The van der Waals surface area contributed by atoms with Crippen LogP contribution in [0.15, 0.2) is 46.9 Å². The van der Waals surface area contributed by atoms with E-state index >= 15 is 0 Å². The second-order valence-electron chi connectivity index (χ2n) is 5.15. The Hall–Kier alpha value is -2.78. The van der Waals surface area contributed by atoms with Gasteiger partial charge >= 0.3 is 5.97 Å². The average molecular weight is 402 g/mol. The monoisotopic (exact) mass is 401 g/mol. The van der Waals surface area contributed by atoms with Crippen LogP contribution >= 0.6 is 15.9 Å². The van der Waals surface area contributed by atoms with E-state index in [2.05, 4.69) is 22.0 Å². The molecule has 25 heavy (non-hydrogen) atoms. The van der Waals surface area contributed by atoms with Crippen LogP contribution in [0.4, 0.5) is 0 Å². The van der Waals surface area contributed by atoms with Crippen LogP contribution in [0.5, 0.6) is 11.5 Å². The van der Waals surface area contributed by atoms with Crippen LogP contribution in [-0.4, -0.2) is 24.3 Å². The number of nitriles is 1. The van der Waals surface area contributed by atoms with Gasteiger partial charge in [-0.05, 0) is 36.8 Å². The number of hydrogen-bond acceptors (Lipinski definition) is 4. The Morgan fingerprint density at radius 2 is 1.96 bits per heavy atom. The number of ether oxygens (including phenoxy) is 2. The molecule has 0 fully saturated rings. The summed E-state index contributed by atoms with van der Waals surface area (Å²) < 4.78 is 11.7. The molecule has 128 valence electrons. The Bertz CT molecular complexity index is 837. The van der Waals surface area contributed by atoms with E-state index in [0.29, 0.717) is 16.9 Å². The fourth-order valence-electron chi connectivity index (χ4n) is 2.13.